The van der Waals surface area contributed by atoms with E-state index < -0.39 is 0 Å². The average Bonchev–Trinajstić information content (AvgIpc) is 3.30. The van der Waals surface area contributed by atoms with E-state index in [-0.39, 0.29) is 11.8 Å². The first kappa shape index (κ1) is 32.7. The molecule has 1 saturated heterocycles. The number of methoxy groups -OCH3 is 6. The van der Waals surface area contributed by atoms with Gasteiger partial charge in [0.05, 0.1) is 42.7 Å². The molecule has 2 aromatic carbocycles. The molecule has 0 atom stereocenters. The van der Waals surface area contributed by atoms with Crippen LogP contribution in [0.4, 0.5) is 0 Å². The Labute approximate surface area is 253 Å². The molecule has 0 spiro atoms. The summed E-state index contributed by atoms with van der Waals surface area (Å²) in [5.41, 5.74) is 1.67. The Morgan fingerprint density at radius 3 is 1.19 bits per heavy atom. The maximum Gasteiger partial charge on any atom is 0.246 e. The predicted molar refractivity (Wildman–Crippen MR) is 166 cm³/mol. The zero-order valence-electron chi connectivity index (χ0n) is 25.6. The molecule has 0 N–H and O–H groups in total. The summed E-state index contributed by atoms with van der Waals surface area (Å²) in [6, 6.07) is 7.30. The number of carbonyl (C=O) groups is 2. The summed E-state index contributed by atoms with van der Waals surface area (Å²) < 4.78 is 32.2. The molecule has 0 aromatic heterocycles. The fraction of sp³-hybridized carbons (Fsp3) is 0.333. The van der Waals surface area contributed by atoms with Gasteiger partial charge in [0.25, 0.3) is 0 Å². The lowest BCUT2D eigenvalue weighted by Gasteiger charge is -2.20. The lowest BCUT2D eigenvalue weighted by Crippen LogP contribution is -2.36. The summed E-state index contributed by atoms with van der Waals surface area (Å²) in [6.07, 6.45) is 14.4. The molecule has 2 amide bonds. The average molecular weight is 593 g/mol. The van der Waals surface area contributed by atoms with Gasteiger partial charge in [-0.25, -0.2) is 0 Å². The van der Waals surface area contributed by atoms with Crippen LogP contribution in [-0.4, -0.2) is 90.5 Å². The number of benzene rings is 2. The summed E-state index contributed by atoms with van der Waals surface area (Å²) in [7, 11) is 9.35. The smallest absolute Gasteiger partial charge is 0.246 e. The molecule has 0 bridgehead atoms. The molecule has 1 aliphatic rings. The normalized spacial score (nSPS) is 14.0. The molecular weight excluding hydrogens is 552 g/mol. The van der Waals surface area contributed by atoms with Gasteiger partial charge < -0.3 is 38.2 Å². The van der Waals surface area contributed by atoms with Crippen LogP contribution < -0.4 is 28.4 Å². The SMILES string of the molecule is COc1cc(C=CC=CC(=O)N2CCCN(C(=O)C=CC=Cc3cc(OC)c(OC)c(OC)c3)CC2)cc(OC)c1OC. The highest BCUT2D eigenvalue weighted by atomic mass is 16.5. The Morgan fingerprint density at radius 1 is 0.535 bits per heavy atom. The first-order chi connectivity index (χ1) is 20.9. The maximum atomic E-state index is 12.8. The third kappa shape index (κ3) is 8.81. The number of amides is 2. The van der Waals surface area contributed by atoms with Crippen molar-refractivity contribution in [1.82, 2.24) is 9.80 Å². The fourth-order valence-electron chi connectivity index (χ4n) is 4.57. The van der Waals surface area contributed by atoms with Crippen LogP contribution in [0.15, 0.2) is 60.7 Å². The van der Waals surface area contributed by atoms with E-state index in [0.717, 1.165) is 11.1 Å². The third-order valence-corrected chi connectivity index (χ3v) is 6.77. The van der Waals surface area contributed by atoms with Crippen LogP contribution in [0.5, 0.6) is 34.5 Å². The highest BCUT2D eigenvalue weighted by Gasteiger charge is 2.19. The van der Waals surface area contributed by atoms with E-state index >= 15 is 0 Å². The number of hydrogen-bond donors (Lipinski definition) is 0. The number of ether oxygens (including phenoxy) is 6. The quantitative estimate of drug-likeness (QED) is 0.260. The first-order valence-corrected chi connectivity index (χ1v) is 13.8. The van der Waals surface area contributed by atoms with Crippen LogP contribution in [0.25, 0.3) is 12.2 Å². The largest absolute Gasteiger partial charge is 0.493 e. The second kappa shape index (κ2) is 16.5. The highest BCUT2D eigenvalue weighted by molar-refractivity contribution is 5.89. The topological polar surface area (TPSA) is 96.0 Å². The number of carbonyl (C=O) groups excluding carboxylic acids is 2. The second-order valence-corrected chi connectivity index (χ2v) is 9.36. The summed E-state index contributed by atoms with van der Waals surface area (Å²) in [4.78, 5) is 29.1. The summed E-state index contributed by atoms with van der Waals surface area (Å²) in [5.74, 6) is 3.03. The van der Waals surface area contributed by atoms with E-state index in [0.29, 0.717) is 67.1 Å². The molecule has 43 heavy (non-hydrogen) atoms. The van der Waals surface area contributed by atoms with Crippen molar-refractivity contribution in [2.45, 2.75) is 6.42 Å². The van der Waals surface area contributed by atoms with Crippen molar-refractivity contribution in [2.24, 2.45) is 0 Å². The Kier molecular flexibility index (Phi) is 12.6. The van der Waals surface area contributed by atoms with E-state index in [9.17, 15) is 9.59 Å². The Morgan fingerprint density at radius 2 is 0.884 bits per heavy atom. The van der Waals surface area contributed by atoms with Gasteiger partial charge in [0.2, 0.25) is 23.3 Å². The summed E-state index contributed by atoms with van der Waals surface area (Å²) in [6.45, 7) is 2.07. The molecule has 0 saturated carbocycles. The van der Waals surface area contributed by atoms with Crippen LogP contribution in [0, 0.1) is 0 Å². The minimum Gasteiger partial charge on any atom is -0.493 e. The minimum atomic E-state index is -0.104. The van der Waals surface area contributed by atoms with Crippen molar-refractivity contribution in [3.05, 3.63) is 71.8 Å². The molecule has 10 nitrogen and oxygen atoms in total. The van der Waals surface area contributed by atoms with Crippen molar-refractivity contribution in [2.75, 3.05) is 68.8 Å². The Bertz CT molecular complexity index is 1230. The molecule has 0 unspecified atom stereocenters. The number of hydrogen-bond acceptors (Lipinski definition) is 8. The van der Waals surface area contributed by atoms with Crippen LogP contribution >= 0.6 is 0 Å². The van der Waals surface area contributed by atoms with Crippen molar-refractivity contribution in [3.63, 3.8) is 0 Å². The van der Waals surface area contributed by atoms with E-state index in [2.05, 4.69) is 0 Å². The predicted octanol–water partition coefficient (Wildman–Crippen LogP) is 4.64. The monoisotopic (exact) mass is 592 g/mol. The van der Waals surface area contributed by atoms with Gasteiger partial charge in [-0.05, 0) is 41.8 Å². The van der Waals surface area contributed by atoms with Gasteiger partial charge >= 0.3 is 0 Å². The molecule has 1 fully saturated rings. The van der Waals surface area contributed by atoms with Crippen LogP contribution in [0.2, 0.25) is 0 Å². The molecule has 230 valence electrons. The van der Waals surface area contributed by atoms with Crippen molar-refractivity contribution in [1.29, 1.82) is 0 Å². The van der Waals surface area contributed by atoms with Gasteiger partial charge in [-0.2, -0.15) is 0 Å². The Hall–Kier alpha value is -4.86. The maximum absolute atomic E-state index is 12.8. The van der Waals surface area contributed by atoms with Gasteiger partial charge in [0, 0.05) is 38.3 Å². The molecule has 0 aliphatic carbocycles. The zero-order chi connectivity index (χ0) is 31.2. The second-order valence-electron chi connectivity index (χ2n) is 9.36. The number of nitrogens with zero attached hydrogens (tertiary/aromatic N) is 2. The Balaban J connectivity index is 1.54. The van der Waals surface area contributed by atoms with Crippen molar-refractivity contribution < 1.29 is 38.0 Å². The highest BCUT2D eigenvalue weighted by Crippen LogP contribution is 2.39. The van der Waals surface area contributed by atoms with Crippen LogP contribution in [0.1, 0.15) is 17.5 Å². The molecular formula is C33H40N2O8. The molecule has 0 radical (unpaired) electrons. The lowest BCUT2D eigenvalue weighted by molar-refractivity contribution is -0.128. The zero-order valence-corrected chi connectivity index (χ0v) is 25.6. The molecule has 10 heteroatoms. The third-order valence-electron chi connectivity index (χ3n) is 6.77. The minimum absolute atomic E-state index is 0.104. The summed E-state index contributed by atoms with van der Waals surface area (Å²) >= 11 is 0. The fourth-order valence-corrected chi connectivity index (χ4v) is 4.57. The molecule has 2 aromatic rings. The molecule has 3 rings (SSSR count). The van der Waals surface area contributed by atoms with Gasteiger partial charge in [-0.1, -0.05) is 36.5 Å². The van der Waals surface area contributed by atoms with Crippen molar-refractivity contribution in [3.8, 4) is 34.5 Å². The van der Waals surface area contributed by atoms with Gasteiger partial charge in [0.1, 0.15) is 0 Å². The van der Waals surface area contributed by atoms with E-state index in [1.54, 1.807) is 76.8 Å². The van der Waals surface area contributed by atoms with Crippen LogP contribution in [-0.2, 0) is 9.59 Å². The van der Waals surface area contributed by atoms with E-state index in [1.165, 1.54) is 12.2 Å². The molecule has 1 heterocycles. The van der Waals surface area contributed by atoms with Gasteiger partial charge in [0.15, 0.2) is 23.0 Å². The number of rotatable bonds is 12. The van der Waals surface area contributed by atoms with E-state index in [1.807, 2.05) is 36.4 Å². The molecule has 1 aliphatic heterocycles. The first-order valence-electron chi connectivity index (χ1n) is 13.8. The standard InChI is InChI=1S/C33H40N2O8/c1-38-26-20-24(21-27(39-2)32(26)42-5)12-7-9-14-30(36)34-16-11-17-35(19-18-34)31(37)15-10-8-13-25-22-28(40-3)33(43-6)29(23-25)41-4/h7-10,12-15,20-23H,11,16-19H2,1-6H3. The number of allylic oxidation sites excluding steroid dienone is 4. The van der Waals surface area contributed by atoms with Crippen molar-refractivity contribution >= 4 is 24.0 Å². The van der Waals surface area contributed by atoms with Gasteiger partial charge in [-0.15, -0.1) is 0 Å². The van der Waals surface area contributed by atoms with Gasteiger partial charge in [-0.3, -0.25) is 9.59 Å². The van der Waals surface area contributed by atoms with E-state index in [4.69, 9.17) is 28.4 Å². The summed E-state index contributed by atoms with van der Waals surface area (Å²) in [5, 5.41) is 0. The van der Waals surface area contributed by atoms with Crippen LogP contribution in [0.3, 0.4) is 0 Å². The lowest BCUT2D eigenvalue weighted by atomic mass is 10.1.